The van der Waals surface area contributed by atoms with E-state index in [4.69, 9.17) is 16.3 Å². The lowest BCUT2D eigenvalue weighted by atomic mass is 10.0. The van der Waals surface area contributed by atoms with Crippen molar-refractivity contribution in [1.29, 1.82) is 0 Å². The number of aryl methyl sites for hydroxylation is 3. The lowest BCUT2D eigenvalue weighted by Crippen LogP contribution is -2.35. The second kappa shape index (κ2) is 9.70. The molecule has 1 aromatic heterocycles. The van der Waals surface area contributed by atoms with E-state index in [9.17, 15) is 9.90 Å². The molecule has 3 aromatic rings. The Morgan fingerprint density at radius 1 is 1.09 bits per heavy atom. The Hall–Kier alpha value is -3.62. The number of benzene rings is 2. The van der Waals surface area contributed by atoms with Crippen LogP contribution in [-0.4, -0.2) is 46.2 Å². The highest BCUT2D eigenvalue weighted by Gasteiger charge is 2.14. The van der Waals surface area contributed by atoms with Crippen molar-refractivity contribution in [2.45, 2.75) is 27.3 Å². The van der Waals surface area contributed by atoms with Crippen LogP contribution in [0, 0.1) is 20.8 Å². The monoisotopic (exact) mass is 461 g/mol. The Morgan fingerprint density at radius 2 is 1.76 bits per heavy atom. The molecule has 0 unspecified atom stereocenters. The number of morpholine rings is 1. The summed E-state index contributed by atoms with van der Waals surface area (Å²) in [5.41, 5.74) is 12.4. The summed E-state index contributed by atoms with van der Waals surface area (Å²) in [6.07, 6.45) is 1.79. The SMILES string of the molecule is Cc1cc(CN2CCOCC2)ccc1/C=C(\N)c1cc(-c2cc(C)c(O)c(C)c2)nn(N)c1=O. The summed E-state index contributed by atoms with van der Waals surface area (Å²) in [6, 6.07) is 11.5. The fourth-order valence-electron chi connectivity index (χ4n) is 4.22. The van der Waals surface area contributed by atoms with Gasteiger partial charge in [0.2, 0.25) is 0 Å². The predicted molar refractivity (Wildman–Crippen MR) is 135 cm³/mol. The number of aromatic nitrogens is 2. The molecule has 0 atom stereocenters. The van der Waals surface area contributed by atoms with Crippen LogP contribution in [0.25, 0.3) is 23.0 Å². The lowest BCUT2D eigenvalue weighted by Gasteiger charge is -2.26. The van der Waals surface area contributed by atoms with Crippen LogP contribution in [0.2, 0.25) is 0 Å². The van der Waals surface area contributed by atoms with Crippen molar-refractivity contribution in [3.8, 4) is 17.0 Å². The van der Waals surface area contributed by atoms with Crippen LogP contribution in [0.3, 0.4) is 0 Å². The number of nitrogens with zero attached hydrogens (tertiary/aromatic N) is 3. The van der Waals surface area contributed by atoms with Crippen molar-refractivity contribution < 1.29 is 9.84 Å². The second-order valence-electron chi connectivity index (χ2n) is 8.83. The van der Waals surface area contributed by atoms with Crippen molar-refractivity contribution in [3.05, 3.63) is 80.1 Å². The van der Waals surface area contributed by atoms with Crippen molar-refractivity contribution in [1.82, 2.24) is 14.8 Å². The Balaban J connectivity index is 1.65. The van der Waals surface area contributed by atoms with Crippen molar-refractivity contribution in [3.63, 3.8) is 0 Å². The van der Waals surface area contributed by atoms with Crippen LogP contribution in [0.4, 0.5) is 0 Å². The summed E-state index contributed by atoms with van der Waals surface area (Å²) in [5, 5.41) is 14.3. The Bertz CT molecular complexity index is 1280. The summed E-state index contributed by atoms with van der Waals surface area (Å²) in [4.78, 5) is 15.9. The first-order valence-electron chi connectivity index (χ1n) is 11.3. The van der Waals surface area contributed by atoms with Gasteiger partial charge in [-0.05, 0) is 72.9 Å². The zero-order valence-electron chi connectivity index (χ0n) is 19.8. The van der Waals surface area contributed by atoms with Crippen molar-refractivity contribution in [2.24, 2.45) is 5.73 Å². The third kappa shape index (κ3) is 4.98. The minimum Gasteiger partial charge on any atom is -0.507 e. The molecular formula is C26H31N5O3. The molecule has 0 amide bonds. The number of rotatable bonds is 5. The maximum atomic E-state index is 12.7. The van der Waals surface area contributed by atoms with Gasteiger partial charge in [0.05, 0.1) is 24.5 Å². The molecule has 1 saturated heterocycles. The maximum Gasteiger partial charge on any atom is 0.295 e. The molecule has 1 aliphatic heterocycles. The van der Waals surface area contributed by atoms with Gasteiger partial charge in [0.25, 0.3) is 5.56 Å². The fraction of sp³-hybridized carbons (Fsp3) is 0.308. The molecule has 178 valence electrons. The standard InChI is InChI=1S/C26H31N5O3/c1-16-10-19(15-30-6-8-34-9-7-30)4-5-20(16)13-23(27)22-14-24(29-31(28)26(22)33)21-11-17(2)25(32)18(3)12-21/h4-5,10-14,32H,6-9,15,27-28H2,1-3H3/b23-13-. The molecule has 1 aliphatic rings. The van der Waals surface area contributed by atoms with Crippen LogP contribution in [0.5, 0.6) is 5.75 Å². The smallest absolute Gasteiger partial charge is 0.295 e. The number of aromatic hydroxyl groups is 1. The van der Waals surface area contributed by atoms with Crippen LogP contribution < -0.4 is 17.1 Å². The third-order valence-corrected chi connectivity index (χ3v) is 6.19. The summed E-state index contributed by atoms with van der Waals surface area (Å²) < 4.78 is 5.42. The third-order valence-electron chi connectivity index (χ3n) is 6.19. The Kier molecular flexibility index (Phi) is 6.72. The molecule has 0 radical (unpaired) electrons. The molecule has 34 heavy (non-hydrogen) atoms. The maximum absolute atomic E-state index is 12.7. The number of nitrogen functional groups attached to an aromatic ring is 1. The summed E-state index contributed by atoms with van der Waals surface area (Å²) >= 11 is 0. The van der Waals surface area contributed by atoms with Gasteiger partial charge in [-0.2, -0.15) is 0 Å². The molecule has 1 fully saturated rings. The van der Waals surface area contributed by atoms with E-state index in [1.165, 1.54) is 5.56 Å². The molecule has 2 aromatic carbocycles. The van der Waals surface area contributed by atoms with E-state index in [1.54, 1.807) is 24.3 Å². The minimum atomic E-state index is -0.480. The average molecular weight is 462 g/mol. The van der Waals surface area contributed by atoms with Gasteiger partial charge in [-0.25, -0.2) is 0 Å². The number of hydrogen-bond acceptors (Lipinski definition) is 7. The van der Waals surface area contributed by atoms with Gasteiger partial charge < -0.3 is 21.4 Å². The number of ether oxygens (including phenoxy) is 1. The summed E-state index contributed by atoms with van der Waals surface area (Å²) in [6.45, 7) is 9.94. The molecule has 0 saturated carbocycles. The van der Waals surface area contributed by atoms with Gasteiger partial charge in [-0.3, -0.25) is 9.69 Å². The van der Waals surface area contributed by atoms with E-state index in [-0.39, 0.29) is 11.3 Å². The molecule has 2 heterocycles. The number of phenolic OH excluding ortho intramolecular Hbond substituents is 1. The first-order chi connectivity index (χ1) is 16.2. The first kappa shape index (κ1) is 23.5. The van der Waals surface area contributed by atoms with Crippen LogP contribution >= 0.6 is 0 Å². The zero-order valence-corrected chi connectivity index (χ0v) is 19.8. The minimum absolute atomic E-state index is 0.233. The van der Waals surface area contributed by atoms with Crippen LogP contribution in [0.15, 0.2) is 41.2 Å². The van der Waals surface area contributed by atoms with Gasteiger partial charge in [0, 0.05) is 30.9 Å². The molecule has 5 N–H and O–H groups in total. The first-order valence-corrected chi connectivity index (χ1v) is 11.3. The highest BCUT2D eigenvalue weighted by Crippen LogP contribution is 2.28. The van der Waals surface area contributed by atoms with E-state index in [2.05, 4.69) is 22.1 Å². The molecular weight excluding hydrogens is 430 g/mol. The Morgan fingerprint density at radius 3 is 2.41 bits per heavy atom. The normalized spacial score (nSPS) is 15.0. The van der Waals surface area contributed by atoms with Gasteiger partial charge in [-0.1, -0.05) is 18.2 Å². The average Bonchev–Trinajstić information content (AvgIpc) is 2.81. The van der Waals surface area contributed by atoms with Gasteiger partial charge in [0.1, 0.15) is 5.75 Å². The van der Waals surface area contributed by atoms with E-state index in [1.807, 2.05) is 26.8 Å². The topological polar surface area (TPSA) is 120 Å². The van der Waals surface area contributed by atoms with Gasteiger partial charge in [0.15, 0.2) is 0 Å². The molecule has 8 nitrogen and oxygen atoms in total. The summed E-state index contributed by atoms with van der Waals surface area (Å²) in [5.74, 6) is 6.12. The van der Waals surface area contributed by atoms with E-state index >= 15 is 0 Å². The Labute approximate surface area is 199 Å². The predicted octanol–water partition coefficient (Wildman–Crippen LogP) is 2.54. The molecule has 4 rings (SSSR count). The van der Waals surface area contributed by atoms with Gasteiger partial charge in [-0.15, -0.1) is 9.89 Å². The number of phenols is 1. The highest BCUT2D eigenvalue weighted by atomic mass is 16.5. The quantitative estimate of drug-likeness (QED) is 0.500. The second-order valence-corrected chi connectivity index (χ2v) is 8.83. The van der Waals surface area contributed by atoms with E-state index < -0.39 is 5.56 Å². The van der Waals surface area contributed by atoms with Gasteiger partial charge >= 0.3 is 0 Å². The molecule has 8 heteroatoms. The lowest BCUT2D eigenvalue weighted by molar-refractivity contribution is 0.0342. The fourth-order valence-corrected chi connectivity index (χ4v) is 4.22. The molecule has 0 spiro atoms. The number of nitrogens with two attached hydrogens (primary N) is 2. The van der Waals surface area contributed by atoms with Crippen molar-refractivity contribution >= 4 is 11.8 Å². The van der Waals surface area contributed by atoms with Crippen molar-refractivity contribution in [2.75, 3.05) is 32.1 Å². The molecule has 0 bridgehead atoms. The van der Waals surface area contributed by atoms with E-state index in [0.29, 0.717) is 22.5 Å². The highest BCUT2D eigenvalue weighted by molar-refractivity contribution is 5.81. The number of hydrogen-bond donors (Lipinski definition) is 3. The van der Waals surface area contributed by atoms with Crippen LogP contribution in [-0.2, 0) is 11.3 Å². The zero-order chi connectivity index (χ0) is 24.4. The van der Waals surface area contributed by atoms with E-state index in [0.717, 1.165) is 54.3 Å². The summed E-state index contributed by atoms with van der Waals surface area (Å²) in [7, 11) is 0. The molecule has 0 aliphatic carbocycles. The largest absolute Gasteiger partial charge is 0.507 e. The van der Waals surface area contributed by atoms with Crippen LogP contribution in [0.1, 0.15) is 33.4 Å².